The molecule has 2 heteroatoms. The van der Waals surface area contributed by atoms with Crippen LogP contribution in [0.5, 0.6) is 0 Å². The summed E-state index contributed by atoms with van der Waals surface area (Å²) in [6, 6.07) is 0. The molecule has 0 fully saturated rings. The van der Waals surface area contributed by atoms with Crippen molar-refractivity contribution >= 4 is 0 Å². The number of allylic oxidation sites excluding steroid dienone is 5. The molecular formula is C7H8F2. The Morgan fingerprint density at radius 1 is 1.33 bits per heavy atom. The third-order valence-corrected chi connectivity index (χ3v) is 0.746. The molecule has 9 heavy (non-hydrogen) atoms. The lowest BCUT2D eigenvalue weighted by molar-refractivity contribution is 0.544. The van der Waals surface area contributed by atoms with Gasteiger partial charge in [0.1, 0.15) is 0 Å². The van der Waals surface area contributed by atoms with Gasteiger partial charge in [0.2, 0.25) is 0 Å². The Labute approximate surface area is 53.2 Å². The minimum atomic E-state index is -0.882. The lowest BCUT2D eigenvalue weighted by Crippen LogP contribution is -1.71. The van der Waals surface area contributed by atoms with Gasteiger partial charge in [-0.25, -0.2) is 8.78 Å². The van der Waals surface area contributed by atoms with Gasteiger partial charge in [-0.2, -0.15) is 0 Å². The highest BCUT2D eigenvalue weighted by molar-refractivity contribution is 5.21. The van der Waals surface area contributed by atoms with Gasteiger partial charge in [-0.05, 0) is 19.1 Å². The van der Waals surface area contributed by atoms with Crippen molar-refractivity contribution in [2.45, 2.75) is 6.92 Å². The number of rotatable bonds is 2. The molecule has 0 aromatic carbocycles. The van der Waals surface area contributed by atoms with Crippen molar-refractivity contribution in [3.05, 3.63) is 36.5 Å². The molecular weight excluding hydrogens is 122 g/mol. The zero-order valence-corrected chi connectivity index (χ0v) is 5.20. The monoisotopic (exact) mass is 130 g/mol. The van der Waals surface area contributed by atoms with Gasteiger partial charge in [0.25, 0.3) is 0 Å². The van der Waals surface area contributed by atoms with Crippen molar-refractivity contribution < 1.29 is 8.78 Å². The fourth-order valence-electron chi connectivity index (χ4n) is 0.321. The van der Waals surface area contributed by atoms with E-state index < -0.39 is 11.7 Å². The number of hydrogen-bond acceptors (Lipinski definition) is 0. The molecule has 0 saturated carbocycles. The lowest BCUT2D eigenvalue weighted by Gasteiger charge is -1.86. The molecule has 0 saturated heterocycles. The quantitative estimate of drug-likeness (QED) is 0.504. The molecule has 0 spiro atoms. The molecule has 0 rings (SSSR count). The van der Waals surface area contributed by atoms with Gasteiger partial charge in [0, 0.05) is 0 Å². The maximum absolute atomic E-state index is 12.1. The Morgan fingerprint density at radius 2 is 1.89 bits per heavy atom. The summed E-state index contributed by atoms with van der Waals surface area (Å²) in [5.74, 6) is -1.73. The first-order valence-electron chi connectivity index (χ1n) is 2.52. The summed E-state index contributed by atoms with van der Waals surface area (Å²) in [4.78, 5) is 0. The molecule has 0 aromatic rings. The van der Waals surface area contributed by atoms with Gasteiger partial charge < -0.3 is 0 Å². The SMILES string of the molecule is C=C/C=C(F)\C(F)=C/C. The van der Waals surface area contributed by atoms with E-state index in [1.807, 2.05) is 0 Å². The van der Waals surface area contributed by atoms with E-state index in [4.69, 9.17) is 0 Å². The van der Waals surface area contributed by atoms with Crippen LogP contribution in [0.1, 0.15) is 6.92 Å². The van der Waals surface area contributed by atoms with E-state index in [-0.39, 0.29) is 0 Å². The molecule has 0 radical (unpaired) electrons. The normalized spacial score (nSPS) is 13.7. The molecule has 0 bridgehead atoms. The van der Waals surface area contributed by atoms with E-state index in [0.717, 1.165) is 12.2 Å². The van der Waals surface area contributed by atoms with Gasteiger partial charge in [0.15, 0.2) is 11.7 Å². The van der Waals surface area contributed by atoms with Gasteiger partial charge >= 0.3 is 0 Å². The van der Waals surface area contributed by atoms with Crippen molar-refractivity contribution in [2.24, 2.45) is 0 Å². The van der Waals surface area contributed by atoms with Crippen molar-refractivity contribution in [1.82, 2.24) is 0 Å². The fraction of sp³-hybridized carbons (Fsp3) is 0.143. The number of halogens is 2. The van der Waals surface area contributed by atoms with E-state index in [2.05, 4.69) is 6.58 Å². The molecule has 50 valence electrons. The standard InChI is InChI=1S/C7H8F2/c1-3-5-7(9)6(8)4-2/h3-5H,1H2,2H3/b6-4+,7-5+. The van der Waals surface area contributed by atoms with Crippen molar-refractivity contribution in [3.8, 4) is 0 Å². The summed E-state index contributed by atoms with van der Waals surface area (Å²) in [5.41, 5.74) is 0. The first-order chi connectivity index (χ1) is 4.22. The van der Waals surface area contributed by atoms with Crippen LogP contribution in [-0.4, -0.2) is 0 Å². The molecule has 0 aliphatic carbocycles. The predicted octanol–water partition coefficient (Wildman–Crippen LogP) is 2.90. The zero-order valence-electron chi connectivity index (χ0n) is 5.20. The summed E-state index contributed by atoms with van der Waals surface area (Å²) < 4.78 is 24.2. The van der Waals surface area contributed by atoms with E-state index in [1.54, 1.807) is 0 Å². The Kier molecular flexibility index (Phi) is 3.60. The van der Waals surface area contributed by atoms with Crippen molar-refractivity contribution in [1.29, 1.82) is 0 Å². The van der Waals surface area contributed by atoms with Gasteiger partial charge in [-0.1, -0.05) is 12.7 Å². The minimum Gasteiger partial charge on any atom is -0.204 e. The Balaban J connectivity index is 4.19. The summed E-state index contributed by atoms with van der Waals surface area (Å²) in [5, 5.41) is 0. The molecule has 0 aromatic heterocycles. The van der Waals surface area contributed by atoms with E-state index in [9.17, 15) is 8.78 Å². The highest BCUT2D eigenvalue weighted by atomic mass is 19.2. The second-order valence-electron chi connectivity index (χ2n) is 1.39. The van der Waals surface area contributed by atoms with E-state index in [0.29, 0.717) is 0 Å². The Hall–Kier alpha value is -0.920. The average molecular weight is 130 g/mol. The minimum absolute atomic E-state index is 0.852. The Morgan fingerprint density at radius 3 is 2.22 bits per heavy atom. The van der Waals surface area contributed by atoms with Crippen LogP contribution in [-0.2, 0) is 0 Å². The first kappa shape index (κ1) is 8.08. The summed E-state index contributed by atoms with van der Waals surface area (Å²) in [6.07, 6.45) is 3.21. The van der Waals surface area contributed by atoms with Crippen molar-refractivity contribution in [2.75, 3.05) is 0 Å². The van der Waals surface area contributed by atoms with Crippen LogP contribution in [0.3, 0.4) is 0 Å². The van der Waals surface area contributed by atoms with Gasteiger partial charge in [0.05, 0.1) is 0 Å². The third-order valence-electron chi connectivity index (χ3n) is 0.746. The topological polar surface area (TPSA) is 0 Å². The smallest absolute Gasteiger partial charge is 0.158 e. The fourth-order valence-corrected chi connectivity index (χ4v) is 0.321. The molecule has 0 N–H and O–H groups in total. The summed E-state index contributed by atoms with van der Waals surface area (Å²) >= 11 is 0. The van der Waals surface area contributed by atoms with Crippen LogP contribution >= 0.6 is 0 Å². The second-order valence-corrected chi connectivity index (χ2v) is 1.39. The lowest BCUT2D eigenvalue weighted by atomic mass is 10.4. The maximum Gasteiger partial charge on any atom is 0.158 e. The van der Waals surface area contributed by atoms with Crippen LogP contribution < -0.4 is 0 Å². The summed E-state index contributed by atoms with van der Waals surface area (Å²) in [6.45, 7) is 4.63. The van der Waals surface area contributed by atoms with Gasteiger partial charge in [-0.3, -0.25) is 0 Å². The molecule has 0 atom stereocenters. The molecule has 0 unspecified atom stereocenters. The van der Waals surface area contributed by atoms with Crippen LogP contribution in [0.15, 0.2) is 36.5 Å². The highest BCUT2D eigenvalue weighted by Gasteiger charge is 1.96. The molecule has 0 amide bonds. The van der Waals surface area contributed by atoms with Crippen LogP contribution in [0.25, 0.3) is 0 Å². The van der Waals surface area contributed by atoms with Crippen LogP contribution in [0.2, 0.25) is 0 Å². The van der Waals surface area contributed by atoms with Gasteiger partial charge in [-0.15, -0.1) is 0 Å². The predicted molar refractivity (Wildman–Crippen MR) is 34.3 cm³/mol. The summed E-state index contributed by atoms with van der Waals surface area (Å²) in [7, 11) is 0. The molecule has 0 aliphatic rings. The van der Waals surface area contributed by atoms with Crippen LogP contribution in [0, 0.1) is 0 Å². The maximum atomic E-state index is 12.1. The number of hydrogen-bond donors (Lipinski definition) is 0. The van der Waals surface area contributed by atoms with E-state index >= 15 is 0 Å². The molecule has 0 heterocycles. The van der Waals surface area contributed by atoms with E-state index in [1.165, 1.54) is 13.0 Å². The van der Waals surface area contributed by atoms with Crippen LogP contribution in [0.4, 0.5) is 8.78 Å². The third kappa shape index (κ3) is 2.80. The average Bonchev–Trinajstić information content (AvgIpc) is 1.87. The molecule has 0 nitrogen and oxygen atoms in total. The molecule has 0 aliphatic heterocycles. The highest BCUT2D eigenvalue weighted by Crippen LogP contribution is 2.11. The largest absolute Gasteiger partial charge is 0.204 e. The van der Waals surface area contributed by atoms with Crippen molar-refractivity contribution in [3.63, 3.8) is 0 Å². The first-order valence-corrected chi connectivity index (χ1v) is 2.52. The zero-order chi connectivity index (χ0) is 7.28. The Bertz CT molecular complexity index is 154. The second kappa shape index (κ2) is 4.01.